The van der Waals surface area contributed by atoms with E-state index in [2.05, 4.69) is 27.7 Å². The van der Waals surface area contributed by atoms with Crippen molar-refractivity contribution in [3.63, 3.8) is 0 Å². The van der Waals surface area contributed by atoms with Gasteiger partial charge in [-0.3, -0.25) is 8.37 Å². The SMILES string of the molecule is CC(C)/C(=C/CO)CC[C@@H](COS(=O)(=O)[O-])[C@H]1CC[C@H]2[C@@H]3CC[C@@H]4[C@H](O)[C@H](OS(=O)(=O)[O-])CC[C@]4(C)[C@H]3CC[C@]12C.[Na+].[Na+]. The summed E-state index contributed by atoms with van der Waals surface area (Å²) in [4.78, 5) is 0. The van der Waals surface area contributed by atoms with Crippen LogP contribution in [0.15, 0.2) is 11.6 Å². The number of aliphatic hydroxyl groups is 2. The van der Waals surface area contributed by atoms with E-state index >= 15 is 0 Å². The minimum Gasteiger partial charge on any atom is -0.726 e. The summed E-state index contributed by atoms with van der Waals surface area (Å²) in [5.41, 5.74) is 0.883. The molecule has 14 heteroatoms. The molecule has 0 saturated heterocycles. The average Bonchev–Trinajstić information content (AvgIpc) is 3.21. The molecule has 0 spiro atoms. The Balaban J connectivity index is 0.00000323. The fourth-order valence-electron chi connectivity index (χ4n) is 10.0. The molecule has 4 fully saturated rings. The summed E-state index contributed by atoms with van der Waals surface area (Å²) < 4.78 is 77.7. The van der Waals surface area contributed by atoms with Crippen molar-refractivity contribution < 1.29 is 104 Å². The maximum atomic E-state index is 11.4. The number of rotatable bonds is 11. The monoisotopic (exact) mass is 666 g/mol. The topological polar surface area (TPSA) is 173 Å². The maximum Gasteiger partial charge on any atom is 1.00 e. The fourth-order valence-corrected chi connectivity index (χ4v) is 10.9. The van der Waals surface area contributed by atoms with Crippen molar-refractivity contribution in [1.82, 2.24) is 0 Å². The molecular formula is C29H48Na2O10S2. The Hall–Kier alpha value is 1.40. The zero-order chi connectivity index (χ0) is 30.4. The van der Waals surface area contributed by atoms with Crippen LogP contribution in [0.4, 0.5) is 0 Å². The Labute approximate surface area is 303 Å². The van der Waals surface area contributed by atoms with E-state index in [-0.39, 0.29) is 107 Å². The molecule has 2 N–H and O–H groups in total. The molecule has 0 amide bonds. The van der Waals surface area contributed by atoms with E-state index in [1.807, 2.05) is 6.08 Å². The Bertz CT molecular complexity index is 1180. The molecule has 0 bridgehead atoms. The average molecular weight is 667 g/mol. The Morgan fingerprint density at radius 1 is 0.907 bits per heavy atom. The molecule has 0 radical (unpaired) electrons. The van der Waals surface area contributed by atoms with Gasteiger partial charge in [-0.25, -0.2) is 16.8 Å². The standard InChI is InChI=1S/C29H50O10S2.2Na/c1-18(2)19(13-16-30)5-6-20(17-38-40(32,33)34)22-9-10-23-21-7-8-25-27(31)26(39-41(35,36)37)12-15-29(25,4)24(21)11-14-28(22,23)3;;/h13,18,20-27,30-31H,5-12,14-17H2,1-4H3,(H,32,33,34)(H,35,36,37);;/q;2*+1/p-2/b19-13+;;/t20-,21-,22+,23-,24-,25+,26+,27-,28+,29+;;/m0../s1. The van der Waals surface area contributed by atoms with Crippen LogP contribution in [0.5, 0.6) is 0 Å². The molecule has 10 atom stereocenters. The van der Waals surface area contributed by atoms with Crippen LogP contribution >= 0.6 is 0 Å². The van der Waals surface area contributed by atoms with E-state index in [0.29, 0.717) is 43.4 Å². The van der Waals surface area contributed by atoms with E-state index in [9.17, 15) is 36.2 Å². The van der Waals surface area contributed by atoms with Gasteiger partial charge in [-0.15, -0.1) is 0 Å². The smallest absolute Gasteiger partial charge is 0.726 e. The normalized spacial score (nSPS) is 38.7. The zero-order valence-electron chi connectivity index (χ0n) is 26.7. The van der Waals surface area contributed by atoms with E-state index in [0.717, 1.165) is 44.1 Å². The summed E-state index contributed by atoms with van der Waals surface area (Å²) in [6.07, 6.45) is 7.69. The Morgan fingerprint density at radius 2 is 1.51 bits per heavy atom. The first-order valence-electron chi connectivity index (χ1n) is 15.2. The number of aliphatic hydroxyl groups excluding tert-OH is 2. The Kier molecular flexibility index (Phi) is 14.9. The third-order valence-electron chi connectivity index (χ3n) is 11.9. The van der Waals surface area contributed by atoms with Crippen LogP contribution in [0, 0.1) is 52.3 Å². The van der Waals surface area contributed by atoms with Crippen LogP contribution in [0.1, 0.15) is 91.9 Å². The summed E-state index contributed by atoms with van der Waals surface area (Å²) in [5, 5.41) is 20.6. The van der Waals surface area contributed by atoms with Crippen LogP contribution in [-0.4, -0.2) is 61.6 Å². The van der Waals surface area contributed by atoms with E-state index in [1.165, 1.54) is 0 Å². The van der Waals surface area contributed by atoms with Crippen molar-refractivity contribution >= 4 is 20.8 Å². The van der Waals surface area contributed by atoms with Gasteiger partial charge in [-0.2, -0.15) is 0 Å². The molecule has 0 aromatic carbocycles. The first kappa shape index (κ1) is 40.6. The first-order valence-corrected chi connectivity index (χ1v) is 17.9. The molecule has 4 rings (SSSR count). The molecule has 0 aromatic rings. The van der Waals surface area contributed by atoms with E-state index in [4.69, 9.17) is 8.37 Å². The third-order valence-corrected chi connectivity index (χ3v) is 12.8. The summed E-state index contributed by atoms with van der Waals surface area (Å²) >= 11 is 0. The van der Waals surface area contributed by atoms with Gasteiger partial charge >= 0.3 is 59.1 Å². The van der Waals surface area contributed by atoms with Gasteiger partial charge in [0.2, 0.25) is 20.8 Å². The second-order valence-corrected chi connectivity index (χ2v) is 16.0. The van der Waals surface area contributed by atoms with Crippen LogP contribution in [-0.2, 0) is 29.2 Å². The molecule has 10 nitrogen and oxygen atoms in total. The number of hydrogen-bond acceptors (Lipinski definition) is 10. The van der Waals surface area contributed by atoms with E-state index < -0.39 is 33.0 Å². The van der Waals surface area contributed by atoms with Crippen LogP contribution < -0.4 is 59.1 Å². The minimum absolute atomic E-state index is 0. The van der Waals surface area contributed by atoms with Crippen molar-refractivity contribution in [3.8, 4) is 0 Å². The van der Waals surface area contributed by atoms with Crippen molar-refractivity contribution in [1.29, 1.82) is 0 Å². The quantitative estimate of drug-likeness (QED) is 0.108. The van der Waals surface area contributed by atoms with Crippen molar-refractivity contribution in [2.24, 2.45) is 52.3 Å². The number of hydrogen-bond donors (Lipinski definition) is 2. The van der Waals surface area contributed by atoms with E-state index in [1.54, 1.807) is 0 Å². The van der Waals surface area contributed by atoms with Crippen molar-refractivity contribution in [2.45, 2.75) is 104 Å². The second kappa shape index (κ2) is 15.7. The molecule has 0 aliphatic heterocycles. The van der Waals surface area contributed by atoms with Gasteiger partial charge in [0, 0.05) is 0 Å². The molecule has 4 aliphatic rings. The largest absolute Gasteiger partial charge is 1.00 e. The van der Waals surface area contributed by atoms with Crippen LogP contribution in [0.25, 0.3) is 0 Å². The summed E-state index contributed by atoms with van der Waals surface area (Å²) in [5.74, 6) is 1.40. The van der Waals surface area contributed by atoms with Gasteiger partial charge in [0.15, 0.2) is 0 Å². The van der Waals surface area contributed by atoms with Crippen LogP contribution in [0.2, 0.25) is 0 Å². The van der Waals surface area contributed by atoms with Crippen molar-refractivity contribution in [3.05, 3.63) is 11.6 Å². The second-order valence-electron chi connectivity index (χ2n) is 14.0. The maximum absolute atomic E-state index is 11.4. The summed E-state index contributed by atoms with van der Waals surface area (Å²) in [7, 11) is -9.72. The van der Waals surface area contributed by atoms with Gasteiger partial charge in [0.1, 0.15) is 6.10 Å². The molecule has 0 aromatic heterocycles. The molecular weight excluding hydrogens is 618 g/mol. The first-order chi connectivity index (χ1) is 19.0. The van der Waals surface area contributed by atoms with Crippen LogP contribution in [0.3, 0.4) is 0 Å². The molecule has 43 heavy (non-hydrogen) atoms. The van der Waals surface area contributed by atoms with Gasteiger partial charge < -0.3 is 19.3 Å². The Morgan fingerprint density at radius 3 is 2.09 bits per heavy atom. The van der Waals surface area contributed by atoms with Gasteiger partial charge in [0.05, 0.1) is 19.3 Å². The summed E-state index contributed by atoms with van der Waals surface area (Å²) in [6.45, 7) is 8.49. The fraction of sp³-hybridized carbons (Fsp3) is 0.931. The van der Waals surface area contributed by atoms with Gasteiger partial charge in [-0.1, -0.05) is 39.3 Å². The number of fused-ring (bicyclic) bond motifs is 5. The predicted octanol–water partition coefficient (Wildman–Crippen LogP) is -2.08. The summed E-state index contributed by atoms with van der Waals surface area (Å²) in [6, 6.07) is 0. The van der Waals surface area contributed by atoms with Gasteiger partial charge in [0.25, 0.3) is 0 Å². The van der Waals surface area contributed by atoms with Gasteiger partial charge in [-0.05, 0) is 116 Å². The molecule has 4 aliphatic carbocycles. The number of allylic oxidation sites excluding steroid dienone is 1. The zero-order valence-corrected chi connectivity index (χ0v) is 32.4. The molecule has 4 saturated carbocycles. The molecule has 0 heterocycles. The minimum atomic E-state index is -4.90. The predicted molar refractivity (Wildman–Crippen MR) is 150 cm³/mol. The molecule has 0 unspecified atom stereocenters. The van der Waals surface area contributed by atoms with Crippen molar-refractivity contribution in [2.75, 3.05) is 13.2 Å². The third kappa shape index (κ3) is 9.10. The molecule has 238 valence electrons.